The van der Waals surface area contributed by atoms with Crippen molar-refractivity contribution in [2.24, 2.45) is 11.5 Å². The SMILES string of the molecule is NC1CCC(N)(CCc2ccc([N+](=O)[O-])cc2)CC1. The van der Waals surface area contributed by atoms with E-state index in [0.717, 1.165) is 44.1 Å². The maximum Gasteiger partial charge on any atom is 0.269 e. The van der Waals surface area contributed by atoms with Gasteiger partial charge in [-0.1, -0.05) is 12.1 Å². The Hall–Kier alpha value is -1.46. The maximum absolute atomic E-state index is 10.6. The highest BCUT2D eigenvalue weighted by Gasteiger charge is 2.29. The number of nitro benzene ring substituents is 1. The average molecular weight is 263 g/mol. The molecule has 5 nitrogen and oxygen atoms in total. The van der Waals surface area contributed by atoms with Crippen LogP contribution in [0.25, 0.3) is 0 Å². The van der Waals surface area contributed by atoms with Crippen LogP contribution in [0.2, 0.25) is 0 Å². The van der Waals surface area contributed by atoms with Crippen molar-refractivity contribution in [2.45, 2.75) is 50.1 Å². The van der Waals surface area contributed by atoms with Gasteiger partial charge in [-0.3, -0.25) is 10.1 Å². The molecule has 0 aliphatic heterocycles. The van der Waals surface area contributed by atoms with Gasteiger partial charge in [0, 0.05) is 23.7 Å². The highest BCUT2D eigenvalue weighted by molar-refractivity contribution is 5.33. The van der Waals surface area contributed by atoms with Gasteiger partial charge in [-0.2, -0.15) is 0 Å². The van der Waals surface area contributed by atoms with Gasteiger partial charge in [-0.05, 0) is 44.1 Å². The van der Waals surface area contributed by atoms with Crippen LogP contribution >= 0.6 is 0 Å². The lowest BCUT2D eigenvalue weighted by Crippen LogP contribution is -2.46. The number of benzene rings is 1. The van der Waals surface area contributed by atoms with E-state index in [9.17, 15) is 10.1 Å². The number of hydrogen-bond acceptors (Lipinski definition) is 4. The summed E-state index contributed by atoms with van der Waals surface area (Å²) in [4.78, 5) is 10.2. The second kappa shape index (κ2) is 5.67. The van der Waals surface area contributed by atoms with Crippen LogP contribution in [0.3, 0.4) is 0 Å². The first-order valence-corrected chi connectivity index (χ1v) is 6.76. The Morgan fingerprint density at radius 2 is 1.84 bits per heavy atom. The van der Waals surface area contributed by atoms with Crippen LogP contribution in [0.5, 0.6) is 0 Å². The molecule has 4 N–H and O–H groups in total. The first-order valence-electron chi connectivity index (χ1n) is 6.76. The fraction of sp³-hybridized carbons (Fsp3) is 0.571. The van der Waals surface area contributed by atoms with Crippen LogP contribution in [0.4, 0.5) is 5.69 Å². The zero-order chi connectivity index (χ0) is 13.9. The molecule has 104 valence electrons. The highest BCUT2D eigenvalue weighted by atomic mass is 16.6. The van der Waals surface area contributed by atoms with E-state index in [1.165, 1.54) is 0 Å². The Labute approximate surface area is 113 Å². The molecule has 0 radical (unpaired) electrons. The van der Waals surface area contributed by atoms with Crippen LogP contribution in [-0.2, 0) is 6.42 Å². The summed E-state index contributed by atoms with van der Waals surface area (Å²) in [5.74, 6) is 0. The van der Waals surface area contributed by atoms with Gasteiger partial charge in [-0.25, -0.2) is 0 Å². The van der Waals surface area contributed by atoms with Gasteiger partial charge in [-0.15, -0.1) is 0 Å². The molecule has 19 heavy (non-hydrogen) atoms. The van der Waals surface area contributed by atoms with Crippen molar-refractivity contribution < 1.29 is 4.92 Å². The predicted molar refractivity (Wildman–Crippen MR) is 74.8 cm³/mol. The van der Waals surface area contributed by atoms with Gasteiger partial charge in [0.1, 0.15) is 0 Å². The minimum absolute atomic E-state index is 0.113. The predicted octanol–water partition coefficient (Wildman–Crippen LogP) is 2.13. The van der Waals surface area contributed by atoms with Crippen molar-refractivity contribution in [3.63, 3.8) is 0 Å². The minimum atomic E-state index is -0.378. The van der Waals surface area contributed by atoms with Crippen LogP contribution in [-0.4, -0.2) is 16.5 Å². The Bertz CT molecular complexity index is 437. The molecule has 5 heteroatoms. The molecule has 1 aliphatic carbocycles. The molecule has 0 heterocycles. The molecule has 0 unspecified atom stereocenters. The number of non-ortho nitro benzene ring substituents is 1. The third kappa shape index (κ3) is 3.75. The second-order valence-corrected chi connectivity index (χ2v) is 5.62. The van der Waals surface area contributed by atoms with Crippen molar-refractivity contribution in [3.05, 3.63) is 39.9 Å². The van der Waals surface area contributed by atoms with E-state index >= 15 is 0 Å². The number of nitro groups is 1. The zero-order valence-corrected chi connectivity index (χ0v) is 11.0. The quantitative estimate of drug-likeness (QED) is 0.642. The zero-order valence-electron chi connectivity index (χ0n) is 11.0. The molecule has 0 aromatic heterocycles. The van der Waals surface area contributed by atoms with Gasteiger partial charge < -0.3 is 11.5 Å². The summed E-state index contributed by atoms with van der Waals surface area (Å²) >= 11 is 0. The van der Waals surface area contributed by atoms with Gasteiger partial charge in [0.2, 0.25) is 0 Å². The number of hydrogen-bond donors (Lipinski definition) is 2. The van der Waals surface area contributed by atoms with E-state index in [0.29, 0.717) is 6.04 Å². The van der Waals surface area contributed by atoms with E-state index < -0.39 is 0 Å². The molecule has 1 aromatic carbocycles. The topological polar surface area (TPSA) is 95.2 Å². The molecule has 2 rings (SSSR count). The molecule has 1 aromatic rings. The molecule has 1 fully saturated rings. The molecule has 0 atom stereocenters. The Morgan fingerprint density at radius 1 is 1.26 bits per heavy atom. The van der Waals surface area contributed by atoms with E-state index in [2.05, 4.69) is 0 Å². The average Bonchev–Trinajstić information content (AvgIpc) is 2.41. The lowest BCUT2D eigenvalue weighted by atomic mass is 9.77. The Kier molecular flexibility index (Phi) is 4.17. The van der Waals surface area contributed by atoms with E-state index in [1.807, 2.05) is 12.1 Å². The fourth-order valence-electron chi connectivity index (χ4n) is 2.64. The summed E-state index contributed by atoms with van der Waals surface area (Å²) in [5, 5.41) is 10.6. The van der Waals surface area contributed by atoms with Gasteiger partial charge in [0.15, 0.2) is 0 Å². The summed E-state index contributed by atoms with van der Waals surface area (Å²) in [6.45, 7) is 0. The molecule has 0 spiro atoms. The molecule has 0 saturated heterocycles. The van der Waals surface area contributed by atoms with Crippen molar-refractivity contribution in [1.82, 2.24) is 0 Å². The molecular weight excluding hydrogens is 242 g/mol. The smallest absolute Gasteiger partial charge is 0.269 e. The van der Waals surface area contributed by atoms with Gasteiger partial charge in [0.05, 0.1) is 4.92 Å². The number of aryl methyl sites for hydroxylation is 1. The highest BCUT2D eigenvalue weighted by Crippen LogP contribution is 2.29. The summed E-state index contributed by atoms with van der Waals surface area (Å²) in [5.41, 5.74) is 13.4. The Morgan fingerprint density at radius 3 is 2.37 bits per heavy atom. The van der Waals surface area contributed by atoms with Crippen LogP contribution in [0.1, 0.15) is 37.7 Å². The maximum atomic E-state index is 10.6. The number of nitrogens with zero attached hydrogens (tertiary/aromatic N) is 1. The third-order valence-corrected chi connectivity index (χ3v) is 4.08. The van der Waals surface area contributed by atoms with Crippen LogP contribution < -0.4 is 11.5 Å². The normalized spacial score (nSPS) is 27.2. The van der Waals surface area contributed by atoms with Crippen molar-refractivity contribution >= 4 is 5.69 Å². The van der Waals surface area contributed by atoms with E-state index in [-0.39, 0.29) is 16.1 Å². The first-order chi connectivity index (χ1) is 8.98. The lowest BCUT2D eigenvalue weighted by molar-refractivity contribution is -0.384. The van der Waals surface area contributed by atoms with Gasteiger partial charge >= 0.3 is 0 Å². The monoisotopic (exact) mass is 263 g/mol. The van der Waals surface area contributed by atoms with E-state index in [1.54, 1.807) is 12.1 Å². The number of rotatable bonds is 4. The summed E-state index contributed by atoms with van der Waals surface area (Å²) in [7, 11) is 0. The second-order valence-electron chi connectivity index (χ2n) is 5.62. The Balaban J connectivity index is 1.89. The third-order valence-electron chi connectivity index (χ3n) is 4.08. The van der Waals surface area contributed by atoms with E-state index in [4.69, 9.17) is 11.5 Å². The van der Waals surface area contributed by atoms with Crippen molar-refractivity contribution in [1.29, 1.82) is 0 Å². The standard InChI is InChI=1S/C14H21N3O2/c15-12-6-9-14(16,10-7-12)8-5-11-1-3-13(4-2-11)17(18)19/h1-4,12H,5-10,15-16H2. The van der Waals surface area contributed by atoms with Crippen molar-refractivity contribution in [2.75, 3.05) is 0 Å². The summed E-state index contributed by atoms with van der Waals surface area (Å²) < 4.78 is 0. The fourth-order valence-corrected chi connectivity index (χ4v) is 2.64. The van der Waals surface area contributed by atoms with Gasteiger partial charge in [0.25, 0.3) is 5.69 Å². The van der Waals surface area contributed by atoms with Crippen LogP contribution in [0, 0.1) is 10.1 Å². The number of nitrogens with two attached hydrogens (primary N) is 2. The first kappa shape index (κ1) is 14.0. The van der Waals surface area contributed by atoms with Crippen molar-refractivity contribution in [3.8, 4) is 0 Å². The molecule has 0 bridgehead atoms. The molecule has 0 amide bonds. The molecule has 1 saturated carbocycles. The summed E-state index contributed by atoms with van der Waals surface area (Å²) in [6, 6.07) is 7.03. The van der Waals surface area contributed by atoms with Crippen LogP contribution in [0.15, 0.2) is 24.3 Å². The molecule has 1 aliphatic rings. The minimum Gasteiger partial charge on any atom is -0.328 e. The summed E-state index contributed by atoms with van der Waals surface area (Å²) in [6.07, 6.45) is 5.72. The lowest BCUT2D eigenvalue weighted by Gasteiger charge is -2.36. The molecular formula is C14H21N3O2. The largest absolute Gasteiger partial charge is 0.328 e.